The summed E-state index contributed by atoms with van der Waals surface area (Å²) in [6.07, 6.45) is 2.03. The molecule has 0 aromatic carbocycles. The Kier molecular flexibility index (Phi) is 5.86. The van der Waals surface area contributed by atoms with Crippen molar-refractivity contribution in [2.75, 3.05) is 46.9 Å². The van der Waals surface area contributed by atoms with Crippen LogP contribution in [0.1, 0.15) is 36.3 Å². The zero-order chi connectivity index (χ0) is 19.6. The number of rotatable bonds is 4. The highest BCUT2D eigenvalue weighted by molar-refractivity contribution is 5.84. The quantitative estimate of drug-likeness (QED) is 0.777. The first-order valence-corrected chi connectivity index (χ1v) is 9.56. The number of amides is 2. The fourth-order valence-electron chi connectivity index (χ4n) is 3.82. The van der Waals surface area contributed by atoms with E-state index in [4.69, 9.17) is 9.26 Å². The van der Waals surface area contributed by atoms with Crippen LogP contribution in [0.2, 0.25) is 0 Å². The molecule has 150 valence electrons. The second-order valence-corrected chi connectivity index (χ2v) is 7.90. The first-order valence-electron chi connectivity index (χ1n) is 9.56. The summed E-state index contributed by atoms with van der Waals surface area (Å²) >= 11 is 0. The predicted molar refractivity (Wildman–Crippen MR) is 99.1 cm³/mol. The second-order valence-electron chi connectivity index (χ2n) is 7.90. The van der Waals surface area contributed by atoms with Gasteiger partial charge in [-0.15, -0.1) is 0 Å². The van der Waals surface area contributed by atoms with Gasteiger partial charge in [-0.05, 0) is 26.7 Å². The Morgan fingerprint density at radius 2 is 1.96 bits per heavy atom. The minimum atomic E-state index is -0.353. The molecule has 3 heterocycles. The number of carbonyl (C=O) groups excluding carboxylic acids is 2. The molecule has 8 heteroatoms. The maximum absolute atomic E-state index is 12.4. The predicted octanol–water partition coefficient (Wildman–Crippen LogP) is 0.963. The molecule has 27 heavy (non-hydrogen) atoms. The van der Waals surface area contributed by atoms with Gasteiger partial charge in [0.25, 0.3) is 0 Å². The van der Waals surface area contributed by atoms with Crippen molar-refractivity contribution in [3.63, 3.8) is 0 Å². The van der Waals surface area contributed by atoms with Crippen LogP contribution in [-0.2, 0) is 20.9 Å². The van der Waals surface area contributed by atoms with Crippen LogP contribution >= 0.6 is 0 Å². The number of aryl methyl sites for hydroxylation is 2. The smallest absolute Gasteiger partial charge is 0.241 e. The van der Waals surface area contributed by atoms with Crippen molar-refractivity contribution in [3.8, 4) is 0 Å². The van der Waals surface area contributed by atoms with Gasteiger partial charge >= 0.3 is 0 Å². The minimum Gasteiger partial charge on any atom is -0.373 e. The summed E-state index contributed by atoms with van der Waals surface area (Å²) in [5, 5.41) is 4.03. The van der Waals surface area contributed by atoms with Gasteiger partial charge in [0.05, 0.1) is 37.4 Å². The first-order chi connectivity index (χ1) is 12.8. The monoisotopic (exact) mass is 378 g/mol. The third-order valence-electron chi connectivity index (χ3n) is 5.71. The van der Waals surface area contributed by atoms with E-state index in [1.807, 2.05) is 13.8 Å². The number of hydrogen-bond donors (Lipinski definition) is 0. The maximum atomic E-state index is 12.4. The average Bonchev–Trinajstić information content (AvgIpc) is 2.85. The molecule has 2 amide bonds. The lowest BCUT2D eigenvalue weighted by Crippen LogP contribution is -2.53. The van der Waals surface area contributed by atoms with E-state index in [2.05, 4.69) is 10.1 Å². The number of likely N-dealkylation sites (N-methyl/N-ethyl adjacent to an activating group) is 1. The number of aromatic nitrogens is 1. The van der Waals surface area contributed by atoms with E-state index >= 15 is 0 Å². The van der Waals surface area contributed by atoms with E-state index in [0.29, 0.717) is 19.6 Å². The van der Waals surface area contributed by atoms with Crippen LogP contribution < -0.4 is 0 Å². The molecule has 3 rings (SSSR count). The molecule has 0 aliphatic carbocycles. The molecule has 8 nitrogen and oxygen atoms in total. The van der Waals surface area contributed by atoms with Crippen LogP contribution in [0.15, 0.2) is 4.52 Å². The van der Waals surface area contributed by atoms with Crippen LogP contribution in [0.4, 0.5) is 0 Å². The van der Waals surface area contributed by atoms with Crippen LogP contribution in [0.5, 0.6) is 0 Å². The minimum absolute atomic E-state index is 0.000209. The summed E-state index contributed by atoms with van der Waals surface area (Å²) < 4.78 is 11.4. The van der Waals surface area contributed by atoms with E-state index < -0.39 is 0 Å². The molecule has 2 saturated heterocycles. The summed E-state index contributed by atoms with van der Waals surface area (Å²) in [6, 6.07) is 0. The van der Waals surface area contributed by atoms with Gasteiger partial charge in [0, 0.05) is 39.3 Å². The molecular formula is C19H30N4O4. The first kappa shape index (κ1) is 19.8. The highest BCUT2D eigenvalue weighted by atomic mass is 16.5. The van der Waals surface area contributed by atoms with Crippen LogP contribution in [0.3, 0.4) is 0 Å². The van der Waals surface area contributed by atoms with Crippen molar-refractivity contribution >= 4 is 11.8 Å². The Morgan fingerprint density at radius 3 is 2.56 bits per heavy atom. The third kappa shape index (κ3) is 4.50. The van der Waals surface area contributed by atoms with Gasteiger partial charge in [0.2, 0.25) is 11.8 Å². The molecule has 2 aliphatic heterocycles. The number of ether oxygens (including phenoxy) is 1. The Balaban J connectivity index is 1.63. The van der Waals surface area contributed by atoms with Gasteiger partial charge in [-0.3, -0.25) is 14.5 Å². The molecule has 0 N–H and O–H groups in total. The standard InChI is InChI=1S/C19H30N4O4/c1-14-16(15(2)27-20-14)11-22-8-6-19(7-9-22)13-23(12-18(25)21(3)4)17(24)5-10-26-19/h5-13H2,1-4H3. The maximum Gasteiger partial charge on any atom is 0.241 e. The lowest BCUT2D eigenvalue weighted by molar-refractivity contribution is -0.140. The van der Waals surface area contributed by atoms with E-state index in [-0.39, 0.29) is 24.0 Å². The molecule has 1 aromatic rings. The summed E-state index contributed by atoms with van der Waals surface area (Å²) in [7, 11) is 3.42. The van der Waals surface area contributed by atoms with E-state index in [9.17, 15) is 9.59 Å². The molecule has 0 unspecified atom stereocenters. The summed E-state index contributed by atoms with van der Waals surface area (Å²) in [4.78, 5) is 30.1. The third-order valence-corrected chi connectivity index (χ3v) is 5.71. The van der Waals surface area contributed by atoms with Crippen molar-refractivity contribution in [2.45, 2.75) is 45.3 Å². The fourth-order valence-corrected chi connectivity index (χ4v) is 3.82. The number of hydrogen-bond acceptors (Lipinski definition) is 6. The largest absolute Gasteiger partial charge is 0.373 e. The molecular weight excluding hydrogens is 348 g/mol. The Bertz CT molecular complexity index is 672. The van der Waals surface area contributed by atoms with E-state index in [0.717, 1.165) is 49.5 Å². The second kappa shape index (κ2) is 7.98. The van der Waals surface area contributed by atoms with E-state index in [1.54, 1.807) is 19.0 Å². The van der Waals surface area contributed by atoms with Crippen molar-refractivity contribution < 1.29 is 18.8 Å². The summed E-state index contributed by atoms with van der Waals surface area (Å²) in [5.74, 6) is 0.814. The molecule has 0 radical (unpaired) electrons. The topological polar surface area (TPSA) is 79.1 Å². The normalized spacial score (nSPS) is 20.7. The van der Waals surface area contributed by atoms with Gasteiger partial charge in [-0.1, -0.05) is 5.16 Å². The van der Waals surface area contributed by atoms with Gasteiger partial charge < -0.3 is 19.1 Å². The zero-order valence-corrected chi connectivity index (χ0v) is 16.8. The highest BCUT2D eigenvalue weighted by Crippen LogP contribution is 2.31. The van der Waals surface area contributed by atoms with Crippen LogP contribution in [0, 0.1) is 13.8 Å². The summed E-state index contributed by atoms with van der Waals surface area (Å²) in [6.45, 7) is 7.54. The van der Waals surface area contributed by atoms with Crippen LogP contribution in [0.25, 0.3) is 0 Å². The molecule has 2 aliphatic rings. The summed E-state index contributed by atoms with van der Waals surface area (Å²) in [5.41, 5.74) is 1.74. The molecule has 0 bridgehead atoms. The zero-order valence-electron chi connectivity index (χ0n) is 16.8. The van der Waals surface area contributed by atoms with Crippen molar-refractivity contribution in [3.05, 3.63) is 17.0 Å². The molecule has 0 saturated carbocycles. The Labute approximate surface area is 160 Å². The Morgan fingerprint density at radius 1 is 1.26 bits per heavy atom. The highest BCUT2D eigenvalue weighted by Gasteiger charge is 2.41. The average molecular weight is 378 g/mol. The Hall–Kier alpha value is -1.93. The van der Waals surface area contributed by atoms with Crippen molar-refractivity contribution in [1.29, 1.82) is 0 Å². The number of piperidine rings is 1. The molecule has 1 aromatic heterocycles. The van der Waals surface area contributed by atoms with Crippen molar-refractivity contribution in [2.24, 2.45) is 0 Å². The SMILES string of the molecule is Cc1noc(C)c1CN1CCC2(CC1)CN(CC(=O)N(C)C)C(=O)CCO2. The van der Waals surface area contributed by atoms with Gasteiger partial charge in [-0.25, -0.2) is 0 Å². The van der Waals surface area contributed by atoms with Crippen LogP contribution in [-0.4, -0.2) is 84.2 Å². The lowest BCUT2D eigenvalue weighted by Gasteiger charge is -2.42. The number of carbonyl (C=O) groups is 2. The molecule has 2 fully saturated rings. The van der Waals surface area contributed by atoms with Gasteiger partial charge in [0.15, 0.2) is 0 Å². The van der Waals surface area contributed by atoms with Crippen molar-refractivity contribution in [1.82, 2.24) is 19.9 Å². The lowest BCUT2D eigenvalue weighted by atomic mass is 9.90. The van der Waals surface area contributed by atoms with Gasteiger partial charge in [-0.2, -0.15) is 0 Å². The fraction of sp³-hybridized carbons (Fsp3) is 0.737. The molecule has 0 atom stereocenters. The van der Waals surface area contributed by atoms with Gasteiger partial charge in [0.1, 0.15) is 5.76 Å². The molecule has 1 spiro atoms. The number of likely N-dealkylation sites (tertiary alicyclic amines) is 1. The van der Waals surface area contributed by atoms with E-state index in [1.165, 1.54) is 4.90 Å². The number of nitrogens with zero attached hydrogens (tertiary/aromatic N) is 4.